The van der Waals surface area contributed by atoms with E-state index in [0.29, 0.717) is 5.56 Å². The summed E-state index contributed by atoms with van der Waals surface area (Å²) in [6, 6.07) is 8.69. The van der Waals surface area contributed by atoms with E-state index >= 15 is 0 Å². The molecule has 9 heteroatoms. The molecular weight excluding hydrogens is 373 g/mol. The van der Waals surface area contributed by atoms with E-state index in [4.69, 9.17) is 0 Å². The van der Waals surface area contributed by atoms with Gasteiger partial charge in [-0.05, 0) is 18.1 Å². The van der Waals surface area contributed by atoms with Gasteiger partial charge >= 0.3 is 6.18 Å². The van der Waals surface area contributed by atoms with Crippen LogP contribution in [0.25, 0.3) is 11.3 Å². The maximum Gasteiger partial charge on any atom is 0.408 e. The SMILES string of the molecule is CCCc1cccc(-c2cc(NC(=O)[C@@H]3CNC(=O)C3)nn2CC(F)(F)F)c1. The molecule has 3 rings (SSSR count). The molecule has 2 aromatic rings. The summed E-state index contributed by atoms with van der Waals surface area (Å²) >= 11 is 0. The Morgan fingerprint density at radius 2 is 2.14 bits per heavy atom. The second-order valence-electron chi connectivity index (χ2n) is 6.83. The molecule has 0 saturated carbocycles. The number of nitrogens with zero attached hydrogens (tertiary/aromatic N) is 2. The number of amides is 2. The van der Waals surface area contributed by atoms with E-state index in [9.17, 15) is 22.8 Å². The van der Waals surface area contributed by atoms with E-state index in [2.05, 4.69) is 15.7 Å². The summed E-state index contributed by atoms with van der Waals surface area (Å²) in [4.78, 5) is 23.5. The lowest BCUT2D eigenvalue weighted by Crippen LogP contribution is -2.25. The van der Waals surface area contributed by atoms with Crippen LogP contribution in [0.3, 0.4) is 0 Å². The molecule has 1 atom stereocenters. The minimum absolute atomic E-state index is 0.0319. The lowest BCUT2D eigenvalue weighted by molar-refractivity contribution is -0.142. The van der Waals surface area contributed by atoms with Gasteiger partial charge in [0.25, 0.3) is 0 Å². The topological polar surface area (TPSA) is 76.0 Å². The molecule has 1 aliphatic heterocycles. The van der Waals surface area contributed by atoms with Crippen molar-refractivity contribution in [2.24, 2.45) is 5.92 Å². The first-order valence-corrected chi connectivity index (χ1v) is 9.06. The highest BCUT2D eigenvalue weighted by Crippen LogP contribution is 2.28. The summed E-state index contributed by atoms with van der Waals surface area (Å²) in [5.74, 6) is -1.20. The van der Waals surface area contributed by atoms with Crippen LogP contribution < -0.4 is 10.6 Å². The first-order valence-electron chi connectivity index (χ1n) is 9.06. The zero-order valence-electron chi connectivity index (χ0n) is 15.3. The first kappa shape index (κ1) is 19.9. The Bertz CT molecular complexity index is 876. The maximum atomic E-state index is 13.0. The van der Waals surface area contributed by atoms with Gasteiger partial charge in [0.05, 0.1) is 11.6 Å². The standard InChI is InChI=1S/C19H21F3N4O2/c1-2-4-12-5-3-6-13(7-12)15-9-16(25-26(15)11-19(20,21)22)24-18(28)14-8-17(27)23-10-14/h3,5-7,9,14H,2,4,8,10-11H2,1H3,(H,23,27)(H,24,25,28)/t14-/m0/s1. The molecular formula is C19H21F3N4O2. The summed E-state index contributed by atoms with van der Waals surface area (Å²) in [5.41, 5.74) is 1.88. The van der Waals surface area contributed by atoms with Crippen molar-refractivity contribution < 1.29 is 22.8 Å². The number of nitrogens with one attached hydrogen (secondary N) is 2. The highest BCUT2D eigenvalue weighted by atomic mass is 19.4. The molecule has 1 fully saturated rings. The van der Waals surface area contributed by atoms with Gasteiger partial charge in [-0.25, -0.2) is 0 Å². The average molecular weight is 394 g/mol. The normalized spacial score (nSPS) is 16.9. The van der Waals surface area contributed by atoms with E-state index in [-0.39, 0.29) is 30.4 Å². The molecule has 0 unspecified atom stereocenters. The summed E-state index contributed by atoms with van der Waals surface area (Å²) in [6.07, 6.45) is -2.67. The van der Waals surface area contributed by atoms with Crippen molar-refractivity contribution in [3.05, 3.63) is 35.9 Å². The lowest BCUT2D eigenvalue weighted by Gasteiger charge is -2.11. The maximum absolute atomic E-state index is 13.0. The predicted octanol–water partition coefficient (Wildman–Crippen LogP) is 3.14. The van der Waals surface area contributed by atoms with Crippen LogP contribution in [-0.2, 0) is 22.6 Å². The molecule has 0 spiro atoms. The van der Waals surface area contributed by atoms with E-state index in [1.165, 1.54) is 6.07 Å². The van der Waals surface area contributed by atoms with Gasteiger partial charge in [0.15, 0.2) is 5.82 Å². The van der Waals surface area contributed by atoms with Crippen LogP contribution in [0.1, 0.15) is 25.3 Å². The van der Waals surface area contributed by atoms with Gasteiger partial charge in [-0.1, -0.05) is 31.5 Å². The van der Waals surface area contributed by atoms with Crippen LogP contribution in [-0.4, -0.2) is 34.3 Å². The summed E-state index contributed by atoms with van der Waals surface area (Å²) in [5, 5.41) is 9.02. The van der Waals surface area contributed by atoms with Gasteiger partial charge in [0.2, 0.25) is 11.8 Å². The van der Waals surface area contributed by atoms with Crippen molar-refractivity contribution in [2.75, 3.05) is 11.9 Å². The Kier molecular flexibility index (Phi) is 5.71. The Hall–Kier alpha value is -2.84. The number of halogens is 3. The second-order valence-corrected chi connectivity index (χ2v) is 6.83. The number of aromatic nitrogens is 2. The van der Waals surface area contributed by atoms with Gasteiger partial charge in [0.1, 0.15) is 6.54 Å². The molecule has 150 valence electrons. The zero-order valence-corrected chi connectivity index (χ0v) is 15.3. The minimum atomic E-state index is -4.45. The quantitative estimate of drug-likeness (QED) is 0.790. The Morgan fingerprint density at radius 1 is 1.36 bits per heavy atom. The van der Waals surface area contributed by atoms with Crippen molar-refractivity contribution in [3.8, 4) is 11.3 Å². The van der Waals surface area contributed by atoms with E-state index in [1.54, 1.807) is 12.1 Å². The third-order valence-electron chi connectivity index (χ3n) is 4.47. The molecule has 1 aromatic carbocycles. The van der Waals surface area contributed by atoms with Crippen molar-refractivity contribution in [2.45, 2.75) is 38.9 Å². The Labute approximate surface area is 160 Å². The first-order chi connectivity index (χ1) is 13.2. The number of carbonyl (C=O) groups is 2. The number of rotatable bonds is 6. The van der Waals surface area contributed by atoms with Crippen molar-refractivity contribution >= 4 is 17.6 Å². The number of anilines is 1. The summed E-state index contributed by atoms with van der Waals surface area (Å²) in [7, 11) is 0. The van der Waals surface area contributed by atoms with Crippen LogP contribution >= 0.6 is 0 Å². The molecule has 2 heterocycles. The number of carbonyl (C=O) groups excluding carboxylic acids is 2. The number of aryl methyl sites for hydroxylation is 1. The third kappa shape index (κ3) is 4.90. The smallest absolute Gasteiger partial charge is 0.355 e. The molecule has 0 radical (unpaired) electrons. The fourth-order valence-electron chi connectivity index (χ4n) is 3.19. The molecule has 1 saturated heterocycles. The van der Waals surface area contributed by atoms with Gasteiger partial charge in [-0.15, -0.1) is 0 Å². The van der Waals surface area contributed by atoms with Gasteiger partial charge in [-0.2, -0.15) is 18.3 Å². The van der Waals surface area contributed by atoms with E-state index < -0.39 is 24.5 Å². The monoisotopic (exact) mass is 394 g/mol. The van der Waals surface area contributed by atoms with Crippen LogP contribution in [0.2, 0.25) is 0 Å². The van der Waals surface area contributed by atoms with Crippen molar-refractivity contribution in [3.63, 3.8) is 0 Å². The summed E-state index contributed by atoms with van der Waals surface area (Å²) < 4.78 is 39.9. The molecule has 6 nitrogen and oxygen atoms in total. The second kappa shape index (κ2) is 8.04. The van der Waals surface area contributed by atoms with Crippen molar-refractivity contribution in [1.29, 1.82) is 0 Å². The lowest BCUT2D eigenvalue weighted by atomic mass is 10.0. The number of alkyl halides is 3. The van der Waals surface area contributed by atoms with Crippen LogP contribution in [0.5, 0.6) is 0 Å². The third-order valence-corrected chi connectivity index (χ3v) is 4.47. The molecule has 1 aliphatic rings. The molecule has 2 amide bonds. The Balaban J connectivity index is 1.88. The molecule has 28 heavy (non-hydrogen) atoms. The minimum Gasteiger partial charge on any atom is -0.355 e. The predicted molar refractivity (Wildman–Crippen MR) is 97.5 cm³/mol. The fourth-order valence-corrected chi connectivity index (χ4v) is 3.19. The highest BCUT2D eigenvalue weighted by molar-refractivity contribution is 5.96. The van der Waals surface area contributed by atoms with Crippen molar-refractivity contribution in [1.82, 2.24) is 15.1 Å². The molecule has 1 aromatic heterocycles. The van der Waals surface area contributed by atoms with Crippen LogP contribution in [0.15, 0.2) is 30.3 Å². The zero-order chi connectivity index (χ0) is 20.3. The highest BCUT2D eigenvalue weighted by Gasteiger charge is 2.31. The van der Waals surface area contributed by atoms with Crippen LogP contribution in [0, 0.1) is 5.92 Å². The summed E-state index contributed by atoms with van der Waals surface area (Å²) in [6.45, 7) is 0.969. The Morgan fingerprint density at radius 3 is 2.79 bits per heavy atom. The molecule has 2 N–H and O–H groups in total. The van der Waals surface area contributed by atoms with E-state index in [0.717, 1.165) is 23.1 Å². The number of hydrogen-bond donors (Lipinski definition) is 2. The van der Waals surface area contributed by atoms with Gasteiger partial charge in [-0.3, -0.25) is 14.3 Å². The number of hydrogen-bond acceptors (Lipinski definition) is 3. The largest absolute Gasteiger partial charge is 0.408 e. The van der Waals surface area contributed by atoms with Gasteiger partial charge in [0, 0.05) is 24.6 Å². The number of benzene rings is 1. The van der Waals surface area contributed by atoms with Crippen LogP contribution in [0.4, 0.5) is 19.0 Å². The average Bonchev–Trinajstić information content (AvgIpc) is 3.20. The molecule has 0 aliphatic carbocycles. The van der Waals surface area contributed by atoms with E-state index in [1.807, 2.05) is 19.1 Å². The molecule has 0 bridgehead atoms. The fraction of sp³-hybridized carbons (Fsp3) is 0.421. The van der Waals surface area contributed by atoms with Gasteiger partial charge < -0.3 is 10.6 Å².